The number of unbranched alkanes of at least 4 members (excludes halogenated alkanes) is 1. The molecule has 2 heterocycles. The third-order valence-electron chi connectivity index (χ3n) is 4.96. The topological polar surface area (TPSA) is 116 Å². The van der Waals surface area contributed by atoms with E-state index in [1.54, 1.807) is 30.0 Å². The van der Waals surface area contributed by atoms with Gasteiger partial charge in [0.1, 0.15) is 0 Å². The number of thioether (sulfide) groups is 1. The van der Waals surface area contributed by atoms with Gasteiger partial charge in [-0.3, -0.25) is 0 Å². The molecule has 1 aliphatic rings. The summed E-state index contributed by atoms with van der Waals surface area (Å²) in [5.74, 6) is 0.912. The zero-order valence-corrected chi connectivity index (χ0v) is 21.0. The van der Waals surface area contributed by atoms with Crippen LogP contribution in [-0.2, 0) is 4.79 Å². The van der Waals surface area contributed by atoms with Crippen molar-refractivity contribution in [3.05, 3.63) is 46.4 Å². The maximum Gasteiger partial charge on any atom is 0.341 e. The molecule has 1 atom stereocenters. The van der Waals surface area contributed by atoms with Gasteiger partial charge in [-0.05, 0) is 42.8 Å². The Morgan fingerprint density at radius 2 is 2.09 bits per heavy atom. The number of anilines is 1. The summed E-state index contributed by atoms with van der Waals surface area (Å²) in [5.41, 5.74) is 2.89. The van der Waals surface area contributed by atoms with Crippen molar-refractivity contribution in [2.24, 2.45) is 0 Å². The summed E-state index contributed by atoms with van der Waals surface area (Å²) in [6.45, 7) is 1.67. The Morgan fingerprint density at radius 1 is 1.24 bits per heavy atom. The zero-order valence-electron chi connectivity index (χ0n) is 18.6. The van der Waals surface area contributed by atoms with Gasteiger partial charge in [0, 0.05) is 27.0 Å². The van der Waals surface area contributed by atoms with Crippen LogP contribution < -0.4 is 19.5 Å². The number of halogens is 1. The number of ether oxygens (including phenoxy) is 3. The minimum Gasteiger partial charge on any atom is -0.493 e. The number of nitrogens with zero attached hydrogens (tertiary/aromatic N) is 3. The van der Waals surface area contributed by atoms with Crippen LogP contribution in [0.15, 0.2) is 46.0 Å². The number of carboxylic acid groups (broad SMARTS) is 1. The van der Waals surface area contributed by atoms with E-state index >= 15 is 0 Å². The number of aliphatic carboxylic acids is 1. The maximum absolute atomic E-state index is 10.9. The van der Waals surface area contributed by atoms with Gasteiger partial charge >= 0.3 is 5.97 Å². The van der Waals surface area contributed by atoms with E-state index in [-0.39, 0.29) is 0 Å². The number of nitrogens with one attached hydrogen (secondary N) is 1. The molecule has 0 bridgehead atoms. The number of methoxy groups -OCH3 is 1. The van der Waals surface area contributed by atoms with E-state index in [2.05, 4.69) is 43.4 Å². The SMILES string of the molecule is CCCCSc1nnc2c(n1)O[C@H](c1ccc(OCC(=O)O)c(OC)c1)Nc1ccc(Br)cc1-2. The highest BCUT2D eigenvalue weighted by atomic mass is 79.9. The molecular formula is C23H23BrN4O5S. The van der Waals surface area contributed by atoms with Crippen LogP contribution in [0.1, 0.15) is 31.6 Å². The van der Waals surface area contributed by atoms with Crippen LogP contribution in [0.2, 0.25) is 0 Å². The Balaban J connectivity index is 1.71. The van der Waals surface area contributed by atoms with Crippen LogP contribution in [0.5, 0.6) is 17.4 Å². The van der Waals surface area contributed by atoms with Gasteiger partial charge in [0.2, 0.25) is 11.0 Å². The van der Waals surface area contributed by atoms with Gasteiger partial charge in [-0.25, -0.2) is 4.79 Å². The predicted molar refractivity (Wildman–Crippen MR) is 132 cm³/mol. The molecule has 178 valence electrons. The first-order chi connectivity index (χ1) is 16.5. The monoisotopic (exact) mass is 546 g/mol. The van der Waals surface area contributed by atoms with E-state index in [0.29, 0.717) is 28.2 Å². The molecule has 0 radical (unpaired) electrons. The molecule has 1 aliphatic heterocycles. The average Bonchev–Trinajstić information content (AvgIpc) is 2.99. The Kier molecular flexibility index (Phi) is 7.73. The van der Waals surface area contributed by atoms with Crippen LogP contribution in [0.25, 0.3) is 11.3 Å². The maximum atomic E-state index is 10.9. The highest BCUT2D eigenvalue weighted by Gasteiger charge is 2.27. The van der Waals surface area contributed by atoms with Crippen molar-refractivity contribution in [3.8, 4) is 28.6 Å². The molecule has 4 rings (SSSR count). The van der Waals surface area contributed by atoms with Crippen molar-refractivity contribution in [1.29, 1.82) is 0 Å². The summed E-state index contributed by atoms with van der Waals surface area (Å²) in [6, 6.07) is 11.0. The second-order valence-corrected chi connectivity index (χ2v) is 9.35. The van der Waals surface area contributed by atoms with E-state index in [4.69, 9.17) is 19.3 Å². The summed E-state index contributed by atoms with van der Waals surface area (Å²) in [4.78, 5) is 15.5. The average molecular weight is 547 g/mol. The molecule has 9 nitrogen and oxygen atoms in total. The Labute approximate surface area is 209 Å². The first-order valence-corrected chi connectivity index (χ1v) is 12.4. The molecule has 0 spiro atoms. The van der Waals surface area contributed by atoms with Crippen molar-refractivity contribution in [2.75, 3.05) is 24.8 Å². The molecular weight excluding hydrogens is 524 g/mol. The second-order valence-electron chi connectivity index (χ2n) is 7.37. The fourth-order valence-electron chi connectivity index (χ4n) is 3.30. The molecule has 11 heteroatoms. The van der Waals surface area contributed by atoms with Crippen molar-refractivity contribution in [1.82, 2.24) is 15.2 Å². The number of hydrogen-bond donors (Lipinski definition) is 2. The molecule has 34 heavy (non-hydrogen) atoms. The smallest absolute Gasteiger partial charge is 0.341 e. The Morgan fingerprint density at radius 3 is 2.85 bits per heavy atom. The molecule has 1 aromatic heterocycles. The fourth-order valence-corrected chi connectivity index (χ4v) is 4.52. The molecule has 0 amide bonds. The summed E-state index contributed by atoms with van der Waals surface area (Å²) >= 11 is 5.07. The number of hydrogen-bond acceptors (Lipinski definition) is 9. The quantitative estimate of drug-likeness (QED) is 0.275. The molecule has 0 saturated carbocycles. The van der Waals surface area contributed by atoms with Gasteiger partial charge in [0.15, 0.2) is 30.0 Å². The van der Waals surface area contributed by atoms with E-state index in [1.165, 1.54) is 7.11 Å². The van der Waals surface area contributed by atoms with Crippen molar-refractivity contribution < 1.29 is 24.1 Å². The summed E-state index contributed by atoms with van der Waals surface area (Å²) in [7, 11) is 1.49. The standard InChI is InChI=1S/C23H23BrN4O5S/c1-3-4-9-34-23-26-22-20(27-28-23)15-11-14(24)6-7-16(15)25-21(33-22)13-5-8-17(18(10-13)31-2)32-12-19(29)30/h5-8,10-11,21,25H,3-4,9,12H2,1-2H3,(H,29,30)/t21-/m1/s1. The van der Waals surface area contributed by atoms with Gasteiger partial charge in [-0.2, -0.15) is 4.98 Å². The van der Waals surface area contributed by atoms with Gasteiger partial charge < -0.3 is 24.6 Å². The zero-order chi connectivity index (χ0) is 24.1. The molecule has 0 fully saturated rings. The number of rotatable bonds is 9. The van der Waals surface area contributed by atoms with E-state index < -0.39 is 18.8 Å². The van der Waals surface area contributed by atoms with E-state index in [0.717, 1.165) is 39.9 Å². The lowest BCUT2D eigenvalue weighted by Gasteiger charge is -2.20. The predicted octanol–water partition coefficient (Wildman–Crippen LogP) is 5.17. The van der Waals surface area contributed by atoms with Crippen molar-refractivity contribution in [3.63, 3.8) is 0 Å². The number of carboxylic acids is 1. The number of benzene rings is 2. The van der Waals surface area contributed by atoms with Crippen molar-refractivity contribution in [2.45, 2.75) is 31.1 Å². The molecule has 2 aromatic carbocycles. The first-order valence-electron chi connectivity index (χ1n) is 10.6. The lowest BCUT2D eigenvalue weighted by molar-refractivity contribution is -0.139. The molecule has 0 aliphatic carbocycles. The van der Waals surface area contributed by atoms with Gasteiger partial charge in [0.05, 0.1) is 7.11 Å². The summed E-state index contributed by atoms with van der Waals surface area (Å²) in [5, 5.41) is 21.6. The van der Waals surface area contributed by atoms with Crippen LogP contribution in [0.4, 0.5) is 5.69 Å². The fraction of sp³-hybridized carbons (Fsp3) is 0.304. The highest BCUT2D eigenvalue weighted by Crippen LogP contribution is 2.42. The minimum absolute atomic E-state index is 0.325. The molecule has 3 aromatic rings. The van der Waals surface area contributed by atoms with E-state index in [1.807, 2.05) is 18.2 Å². The van der Waals surface area contributed by atoms with Gasteiger partial charge in [-0.15, -0.1) is 10.2 Å². The lowest BCUT2D eigenvalue weighted by atomic mass is 10.1. The lowest BCUT2D eigenvalue weighted by Crippen LogP contribution is -2.17. The minimum atomic E-state index is -1.07. The third-order valence-corrected chi connectivity index (χ3v) is 6.38. The molecule has 2 N–H and O–H groups in total. The molecule has 0 saturated heterocycles. The van der Waals surface area contributed by atoms with Crippen LogP contribution in [-0.4, -0.2) is 45.7 Å². The first kappa shape index (κ1) is 24.1. The largest absolute Gasteiger partial charge is 0.493 e. The van der Waals surface area contributed by atoms with E-state index in [9.17, 15) is 4.79 Å². The highest BCUT2D eigenvalue weighted by molar-refractivity contribution is 9.10. The number of fused-ring (bicyclic) bond motifs is 3. The normalized spacial score (nSPS) is 14.1. The van der Waals surface area contributed by atoms with Gasteiger partial charge in [0.25, 0.3) is 0 Å². The van der Waals surface area contributed by atoms with Crippen LogP contribution >= 0.6 is 27.7 Å². The van der Waals surface area contributed by atoms with Crippen molar-refractivity contribution >= 4 is 39.3 Å². The van der Waals surface area contributed by atoms with Crippen LogP contribution in [0.3, 0.4) is 0 Å². The second kappa shape index (κ2) is 10.9. The molecule has 0 unspecified atom stereocenters. The Hall–Kier alpha value is -3.05. The summed E-state index contributed by atoms with van der Waals surface area (Å²) < 4.78 is 17.9. The number of carbonyl (C=O) groups is 1. The Bertz CT molecular complexity index is 1200. The number of aromatic nitrogens is 3. The summed E-state index contributed by atoms with van der Waals surface area (Å²) in [6.07, 6.45) is 1.53. The van der Waals surface area contributed by atoms with Gasteiger partial charge in [-0.1, -0.05) is 41.0 Å². The third kappa shape index (κ3) is 5.53. The van der Waals surface area contributed by atoms with Crippen LogP contribution in [0, 0.1) is 0 Å².